The number of carbonyl (C=O) groups excluding carboxylic acids is 1. The number of primary amides is 1. The Morgan fingerprint density at radius 1 is 1.27 bits per heavy atom. The summed E-state index contributed by atoms with van der Waals surface area (Å²) in [5.41, 5.74) is 4.10. The first kappa shape index (κ1) is 15.4. The van der Waals surface area contributed by atoms with Gasteiger partial charge in [-0.1, -0.05) is 12.1 Å². The number of alkyl halides is 3. The van der Waals surface area contributed by atoms with E-state index in [0.717, 1.165) is 18.2 Å². The van der Waals surface area contributed by atoms with Crippen molar-refractivity contribution in [2.24, 2.45) is 5.73 Å². The Bertz CT molecular complexity index is 783. The van der Waals surface area contributed by atoms with Crippen molar-refractivity contribution in [2.45, 2.75) is 6.18 Å². The van der Waals surface area contributed by atoms with E-state index in [-0.39, 0.29) is 22.7 Å². The van der Waals surface area contributed by atoms with E-state index in [4.69, 9.17) is 15.4 Å². The molecule has 22 heavy (non-hydrogen) atoms. The zero-order valence-corrected chi connectivity index (χ0v) is 11.0. The SMILES string of the molecule is N#C/C(=C\c1ccc(-c2cccc(C(F)(F)F)c2)o1)C(N)=O. The van der Waals surface area contributed by atoms with Crippen molar-refractivity contribution in [2.75, 3.05) is 0 Å². The maximum absolute atomic E-state index is 12.7. The molecule has 1 amide bonds. The lowest BCUT2D eigenvalue weighted by Crippen LogP contribution is -2.12. The molecular formula is C15H9F3N2O2. The summed E-state index contributed by atoms with van der Waals surface area (Å²) >= 11 is 0. The standard InChI is InChI=1S/C15H9F3N2O2/c16-15(17,18)11-3-1-2-9(6-11)13-5-4-12(22-13)7-10(8-19)14(20)21/h1-7H,(H2,20,21)/b10-7+. The number of nitrogens with zero attached hydrogens (tertiary/aromatic N) is 1. The number of rotatable bonds is 3. The largest absolute Gasteiger partial charge is 0.457 e. The highest BCUT2D eigenvalue weighted by Gasteiger charge is 2.30. The lowest BCUT2D eigenvalue weighted by Gasteiger charge is -2.07. The molecule has 7 heteroatoms. The van der Waals surface area contributed by atoms with Crippen LogP contribution in [-0.4, -0.2) is 5.91 Å². The molecule has 0 fully saturated rings. The zero-order valence-electron chi connectivity index (χ0n) is 11.0. The fraction of sp³-hybridized carbons (Fsp3) is 0.0667. The molecule has 1 aromatic carbocycles. The molecule has 0 spiro atoms. The van der Waals surface area contributed by atoms with Crippen molar-refractivity contribution in [3.05, 3.63) is 53.3 Å². The summed E-state index contributed by atoms with van der Waals surface area (Å²) in [4.78, 5) is 10.9. The molecule has 2 aromatic rings. The van der Waals surface area contributed by atoms with E-state index in [9.17, 15) is 18.0 Å². The summed E-state index contributed by atoms with van der Waals surface area (Å²) in [6.45, 7) is 0. The minimum absolute atomic E-state index is 0.141. The van der Waals surface area contributed by atoms with Crippen molar-refractivity contribution in [1.82, 2.24) is 0 Å². The Hall–Kier alpha value is -3.01. The summed E-state index contributed by atoms with van der Waals surface area (Å²) in [6.07, 6.45) is -3.33. The van der Waals surface area contributed by atoms with Crippen molar-refractivity contribution in [3.8, 4) is 17.4 Å². The molecule has 0 unspecified atom stereocenters. The number of furan rings is 1. The van der Waals surface area contributed by atoms with Crippen LogP contribution in [0.2, 0.25) is 0 Å². The molecule has 0 bridgehead atoms. The molecule has 1 heterocycles. The van der Waals surface area contributed by atoms with E-state index in [1.165, 1.54) is 24.3 Å². The van der Waals surface area contributed by atoms with Crippen molar-refractivity contribution < 1.29 is 22.4 Å². The Morgan fingerprint density at radius 2 is 2.00 bits per heavy atom. The third-order valence-electron chi connectivity index (χ3n) is 2.77. The Balaban J connectivity index is 2.37. The molecule has 1 aromatic heterocycles. The van der Waals surface area contributed by atoms with Crippen molar-refractivity contribution in [1.29, 1.82) is 5.26 Å². The van der Waals surface area contributed by atoms with Crippen LogP contribution in [0.25, 0.3) is 17.4 Å². The molecule has 0 saturated heterocycles. The van der Waals surface area contributed by atoms with Crippen LogP contribution in [0.15, 0.2) is 46.4 Å². The maximum Gasteiger partial charge on any atom is 0.416 e. The van der Waals surface area contributed by atoms with Gasteiger partial charge in [0.2, 0.25) is 0 Å². The highest BCUT2D eigenvalue weighted by Crippen LogP contribution is 2.32. The first-order valence-corrected chi connectivity index (χ1v) is 6.00. The van der Waals surface area contributed by atoms with Crippen molar-refractivity contribution >= 4 is 12.0 Å². The number of amides is 1. The summed E-state index contributed by atoms with van der Waals surface area (Å²) in [5.74, 6) is -0.596. The lowest BCUT2D eigenvalue weighted by molar-refractivity contribution is -0.137. The minimum Gasteiger partial charge on any atom is -0.457 e. The second-order valence-electron chi connectivity index (χ2n) is 4.31. The lowest BCUT2D eigenvalue weighted by atomic mass is 10.1. The quantitative estimate of drug-likeness (QED) is 0.697. The third kappa shape index (κ3) is 3.35. The van der Waals surface area contributed by atoms with E-state index in [2.05, 4.69) is 0 Å². The van der Waals surface area contributed by atoms with Gasteiger partial charge in [0.1, 0.15) is 23.2 Å². The molecule has 0 radical (unpaired) electrons. The van der Waals surface area contributed by atoms with Crippen LogP contribution in [-0.2, 0) is 11.0 Å². The van der Waals surface area contributed by atoms with E-state index < -0.39 is 17.6 Å². The summed E-state index contributed by atoms with van der Waals surface area (Å²) in [5, 5.41) is 8.72. The van der Waals surface area contributed by atoms with Crippen LogP contribution < -0.4 is 5.73 Å². The van der Waals surface area contributed by atoms with E-state index >= 15 is 0 Å². The molecule has 0 aliphatic heterocycles. The first-order chi connectivity index (χ1) is 10.3. The normalized spacial score (nSPS) is 12.0. The van der Waals surface area contributed by atoms with Gasteiger partial charge in [0, 0.05) is 11.6 Å². The average Bonchev–Trinajstić information content (AvgIpc) is 2.92. The van der Waals surface area contributed by atoms with Gasteiger partial charge in [0.25, 0.3) is 5.91 Å². The first-order valence-electron chi connectivity index (χ1n) is 6.00. The summed E-state index contributed by atoms with van der Waals surface area (Å²) in [7, 11) is 0. The molecule has 2 N–H and O–H groups in total. The van der Waals surface area contributed by atoms with Gasteiger partial charge in [-0.05, 0) is 24.3 Å². The Labute approximate surface area is 123 Å². The summed E-state index contributed by atoms with van der Waals surface area (Å²) in [6, 6.07) is 9.10. The topological polar surface area (TPSA) is 80.0 Å². The van der Waals surface area contributed by atoms with Crippen LogP contribution in [0, 0.1) is 11.3 Å². The highest BCUT2D eigenvalue weighted by molar-refractivity contribution is 6.00. The van der Waals surface area contributed by atoms with Gasteiger partial charge < -0.3 is 10.2 Å². The number of carbonyl (C=O) groups is 1. The second kappa shape index (κ2) is 5.77. The van der Waals surface area contributed by atoms with Crippen LogP contribution in [0.1, 0.15) is 11.3 Å². The maximum atomic E-state index is 12.7. The third-order valence-corrected chi connectivity index (χ3v) is 2.77. The van der Waals surface area contributed by atoms with Gasteiger partial charge in [-0.25, -0.2) is 0 Å². The van der Waals surface area contributed by atoms with Crippen molar-refractivity contribution in [3.63, 3.8) is 0 Å². The fourth-order valence-corrected chi connectivity index (χ4v) is 1.74. The van der Waals surface area contributed by atoms with Gasteiger partial charge in [0.05, 0.1) is 5.56 Å². The number of halogens is 3. The predicted molar refractivity (Wildman–Crippen MR) is 71.9 cm³/mol. The molecule has 112 valence electrons. The molecule has 0 saturated carbocycles. The Morgan fingerprint density at radius 3 is 2.59 bits per heavy atom. The number of hydrogen-bond donors (Lipinski definition) is 1. The van der Waals surface area contributed by atoms with Crippen LogP contribution >= 0.6 is 0 Å². The van der Waals surface area contributed by atoms with Gasteiger partial charge >= 0.3 is 6.18 Å². The molecule has 4 nitrogen and oxygen atoms in total. The average molecular weight is 306 g/mol. The van der Waals surface area contributed by atoms with Crippen LogP contribution in [0.3, 0.4) is 0 Å². The number of nitrogens with two attached hydrogens (primary N) is 1. The van der Waals surface area contributed by atoms with Gasteiger partial charge in [0.15, 0.2) is 0 Å². The van der Waals surface area contributed by atoms with Crippen LogP contribution in [0.5, 0.6) is 0 Å². The number of hydrogen-bond acceptors (Lipinski definition) is 3. The molecular weight excluding hydrogens is 297 g/mol. The highest BCUT2D eigenvalue weighted by atomic mass is 19.4. The number of benzene rings is 1. The molecule has 0 aliphatic carbocycles. The number of nitriles is 1. The van der Waals surface area contributed by atoms with Gasteiger partial charge in [-0.3, -0.25) is 4.79 Å². The van der Waals surface area contributed by atoms with E-state index in [1.807, 2.05) is 0 Å². The monoisotopic (exact) mass is 306 g/mol. The predicted octanol–water partition coefficient (Wildman–Crippen LogP) is 3.36. The Kier molecular flexibility index (Phi) is 4.04. The smallest absolute Gasteiger partial charge is 0.416 e. The van der Waals surface area contributed by atoms with E-state index in [1.54, 1.807) is 6.07 Å². The second-order valence-corrected chi connectivity index (χ2v) is 4.31. The zero-order chi connectivity index (χ0) is 16.3. The van der Waals surface area contributed by atoms with Gasteiger partial charge in [-0.15, -0.1) is 0 Å². The molecule has 0 aliphatic rings. The molecule has 0 atom stereocenters. The molecule has 2 rings (SSSR count). The summed E-state index contributed by atoms with van der Waals surface area (Å²) < 4.78 is 43.3. The van der Waals surface area contributed by atoms with Crippen LogP contribution in [0.4, 0.5) is 13.2 Å². The van der Waals surface area contributed by atoms with Gasteiger partial charge in [-0.2, -0.15) is 18.4 Å². The minimum atomic E-state index is -4.45. The van der Waals surface area contributed by atoms with E-state index in [0.29, 0.717) is 0 Å². The fourth-order valence-electron chi connectivity index (χ4n) is 1.74.